The molecule has 1 aromatic carbocycles. The number of carbonyl (C=O) groups excluding carboxylic acids is 1. The maximum absolute atomic E-state index is 13.6. The van der Waals surface area contributed by atoms with Crippen molar-refractivity contribution >= 4 is 22.2 Å². The lowest BCUT2D eigenvalue weighted by Gasteiger charge is -2.35. The highest BCUT2D eigenvalue weighted by atomic mass is 32.1. The topological polar surface area (TPSA) is 45.5 Å². The molecule has 0 aliphatic carbocycles. The van der Waals surface area contributed by atoms with E-state index < -0.39 is 0 Å². The number of furan rings is 1. The minimum Gasteiger partial charge on any atom is -0.459 e. The minimum absolute atomic E-state index is 0.0145. The Hall–Kier alpha value is -2.44. The highest BCUT2D eigenvalue weighted by molar-refractivity contribution is 7.16. The third-order valence-corrected chi connectivity index (χ3v) is 6.58. The Kier molecular flexibility index (Phi) is 6.11. The molecule has 1 amide bonds. The van der Waals surface area contributed by atoms with E-state index in [9.17, 15) is 9.18 Å². The van der Waals surface area contributed by atoms with E-state index in [0.717, 1.165) is 48.5 Å². The van der Waals surface area contributed by atoms with Crippen molar-refractivity contribution in [2.45, 2.75) is 38.6 Å². The van der Waals surface area contributed by atoms with Crippen LogP contribution in [0.1, 0.15) is 58.8 Å². The summed E-state index contributed by atoms with van der Waals surface area (Å²) in [5, 5.41) is 3.89. The fourth-order valence-electron chi connectivity index (χ4n) is 3.91. The first-order valence-corrected chi connectivity index (χ1v) is 10.9. The number of aryl methyl sites for hydroxylation is 1. The number of thiophene rings is 1. The highest BCUT2D eigenvalue weighted by Crippen LogP contribution is 2.40. The van der Waals surface area contributed by atoms with E-state index in [-0.39, 0.29) is 17.8 Å². The monoisotopic (exact) mass is 412 g/mol. The van der Waals surface area contributed by atoms with Crippen LogP contribution in [0.3, 0.4) is 0 Å². The zero-order chi connectivity index (χ0) is 20.2. The predicted octanol–water partition coefficient (Wildman–Crippen LogP) is 5.87. The Bertz CT molecular complexity index is 944. The quantitative estimate of drug-likeness (QED) is 0.551. The Morgan fingerprint density at radius 1 is 1.21 bits per heavy atom. The summed E-state index contributed by atoms with van der Waals surface area (Å²) in [6, 6.07) is 12.3. The molecular weight excluding hydrogens is 387 g/mol. The highest BCUT2D eigenvalue weighted by Gasteiger charge is 2.28. The van der Waals surface area contributed by atoms with Crippen LogP contribution < -0.4 is 5.32 Å². The number of likely N-dealkylation sites (tertiary alicyclic amines) is 1. The molecule has 1 N–H and O–H groups in total. The molecule has 1 unspecified atom stereocenters. The molecule has 4 rings (SSSR count). The van der Waals surface area contributed by atoms with E-state index in [0.29, 0.717) is 5.76 Å². The van der Waals surface area contributed by atoms with Gasteiger partial charge in [-0.1, -0.05) is 25.5 Å². The van der Waals surface area contributed by atoms with Crippen LogP contribution in [0.2, 0.25) is 0 Å². The van der Waals surface area contributed by atoms with Crippen LogP contribution in [0.4, 0.5) is 9.39 Å². The van der Waals surface area contributed by atoms with E-state index >= 15 is 0 Å². The van der Waals surface area contributed by atoms with E-state index in [2.05, 4.69) is 23.2 Å². The number of anilines is 1. The third-order valence-electron chi connectivity index (χ3n) is 5.37. The predicted molar refractivity (Wildman–Crippen MR) is 114 cm³/mol. The van der Waals surface area contributed by atoms with Gasteiger partial charge in [-0.05, 0) is 68.2 Å². The van der Waals surface area contributed by atoms with Crippen LogP contribution in [-0.2, 0) is 6.42 Å². The number of benzene rings is 1. The summed E-state index contributed by atoms with van der Waals surface area (Å²) in [5.74, 6) is -0.201. The number of hydrogen-bond acceptors (Lipinski definition) is 4. The number of piperidine rings is 1. The molecule has 6 heteroatoms. The standard InChI is InChI=1S/C23H25FN2O2S/c1-2-18-15-19(23(29-18)25-22(27)20-7-6-14-28-20)21(26-12-4-3-5-13-26)16-8-10-17(24)11-9-16/h6-11,14-15,21H,2-5,12-13H2,1H3,(H,25,27). The first-order valence-electron chi connectivity index (χ1n) is 10.1. The lowest BCUT2D eigenvalue weighted by molar-refractivity contribution is 0.0996. The molecule has 1 aliphatic rings. The van der Waals surface area contributed by atoms with Crippen molar-refractivity contribution in [1.29, 1.82) is 0 Å². The molecule has 1 aliphatic heterocycles. The van der Waals surface area contributed by atoms with Gasteiger partial charge >= 0.3 is 0 Å². The van der Waals surface area contributed by atoms with Gasteiger partial charge in [0, 0.05) is 10.4 Å². The number of halogens is 1. The molecule has 3 aromatic rings. The molecule has 4 nitrogen and oxygen atoms in total. The normalized spacial score (nSPS) is 15.9. The number of nitrogens with one attached hydrogen (secondary N) is 1. The summed E-state index contributed by atoms with van der Waals surface area (Å²) in [6.45, 7) is 4.09. The summed E-state index contributed by atoms with van der Waals surface area (Å²) in [5.41, 5.74) is 2.11. The van der Waals surface area contributed by atoms with Gasteiger partial charge in [-0.15, -0.1) is 11.3 Å². The fraction of sp³-hybridized carbons (Fsp3) is 0.348. The van der Waals surface area contributed by atoms with Crippen LogP contribution >= 0.6 is 11.3 Å². The largest absolute Gasteiger partial charge is 0.459 e. The maximum Gasteiger partial charge on any atom is 0.291 e. The summed E-state index contributed by atoms with van der Waals surface area (Å²) in [7, 11) is 0. The molecule has 0 radical (unpaired) electrons. The van der Waals surface area contributed by atoms with Crippen LogP contribution in [0.15, 0.2) is 53.1 Å². The van der Waals surface area contributed by atoms with Crippen molar-refractivity contribution in [3.05, 3.63) is 76.3 Å². The number of hydrogen-bond donors (Lipinski definition) is 1. The lowest BCUT2D eigenvalue weighted by Crippen LogP contribution is -2.34. The van der Waals surface area contributed by atoms with Crippen molar-refractivity contribution < 1.29 is 13.6 Å². The molecule has 1 atom stereocenters. The second-order valence-electron chi connectivity index (χ2n) is 7.33. The van der Waals surface area contributed by atoms with E-state index in [1.165, 1.54) is 29.7 Å². The minimum atomic E-state index is -0.253. The smallest absolute Gasteiger partial charge is 0.291 e. The SMILES string of the molecule is CCc1cc(C(c2ccc(F)cc2)N2CCCCC2)c(NC(=O)c2ccco2)s1. The summed E-state index contributed by atoms with van der Waals surface area (Å²) in [4.78, 5) is 16.3. The number of carbonyl (C=O) groups is 1. The van der Waals surface area contributed by atoms with Crippen molar-refractivity contribution in [1.82, 2.24) is 4.90 Å². The molecule has 0 saturated carbocycles. The van der Waals surface area contributed by atoms with E-state index in [1.807, 2.05) is 12.1 Å². The molecule has 3 heterocycles. The molecule has 152 valence electrons. The zero-order valence-electron chi connectivity index (χ0n) is 16.5. The van der Waals surface area contributed by atoms with Gasteiger partial charge in [0.2, 0.25) is 0 Å². The fourth-order valence-corrected chi connectivity index (χ4v) is 4.94. The molecule has 29 heavy (non-hydrogen) atoms. The van der Waals surface area contributed by atoms with E-state index in [4.69, 9.17) is 4.42 Å². The van der Waals surface area contributed by atoms with Crippen molar-refractivity contribution in [2.75, 3.05) is 18.4 Å². The van der Waals surface area contributed by atoms with Crippen LogP contribution in [0.5, 0.6) is 0 Å². The molecular formula is C23H25FN2O2S. The summed E-state index contributed by atoms with van der Waals surface area (Å²) in [6.07, 6.45) is 5.92. The number of rotatable bonds is 6. The van der Waals surface area contributed by atoms with Gasteiger partial charge in [-0.25, -0.2) is 4.39 Å². The van der Waals surface area contributed by atoms with Gasteiger partial charge in [0.25, 0.3) is 5.91 Å². The van der Waals surface area contributed by atoms with Gasteiger partial charge in [0.15, 0.2) is 5.76 Å². The molecule has 1 saturated heterocycles. The Morgan fingerprint density at radius 3 is 2.62 bits per heavy atom. The summed E-state index contributed by atoms with van der Waals surface area (Å²) < 4.78 is 18.8. The Morgan fingerprint density at radius 2 is 1.97 bits per heavy atom. The second kappa shape index (κ2) is 8.93. The number of nitrogens with zero attached hydrogens (tertiary/aromatic N) is 1. The first kappa shape index (κ1) is 19.9. The zero-order valence-corrected chi connectivity index (χ0v) is 17.3. The molecule has 0 spiro atoms. The maximum atomic E-state index is 13.6. The van der Waals surface area contributed by atoms with Gasteiger partial charge in [0.1, 0.15) is 10.8 Å². The molecule has 0 bridgehead atoms. The summed E-state index contributed by atoms with van der Waals surface area (Å²) >= 11 is 1.60. The average Bonchev–Trinajstić information content (AvgIpc) is 3.41. The van der Waals surface area contributed by atoms with Crippen molar-refractivity contribution in [3.63, 3.8) is 0 Å². The van der Waals surface area contributed by atoms with E-state index in [1.54, 1.807) is 23.5 Å². The van der Waals surface area contributed by atoms with Gasteiger partial charge in [0.05, 0.1) is 12.3 Å². The molecule has 2 aromatic heterocycles. The van der Waals surface area contributed by atoms with Gasteiger partial charge in [-0.3, -0.25) is 9.69 Å². The van der Waals surface area contributed by atoms with Gasteiger partial charge < -0.3 is 9.73 Å². The second-order valence-corrected chi connectivity index (χ2v) is 8.47. The van der Waals surface area contributed by atoms with Crippen LogP contribution in [-0.4, -0.2) is 23.9 Å². The Labute approximate surface area is 174 Å². The number of amides is 1. The average molecular weight is 413 g/mol. The molecule has 1 fully saturated rings. The van der Waals surface area contributed by atoms with Crippen LogP contribution in [0, 0.1) is 5.82 Å². The van der Waals surface area contributed by atoms with Gasteiger partial charge in [-0.2, -0.15) is 0 Å². The van der Waals surface area contributed by atoms with Crippen LogP contribution in [0.25, 0.3) is 0 Å². The van der Waals surface area contributed by atoms with Crippen molar-refractivity contribution in [2.24, 2.45) is 0 Å². The van der Waals surface area contributed by atoms with Crippen molar-refractivity contribution in [3.8, 4) is 0 Å². The lowest BCUT2D eigenvalue weighted by atomic mass is 9.95. The Balaban J connectivity index is 1.73. The third kappa shape index (κ3) is 4.43. The first-order chi connectivity index (χ1) is 14.2.